The highest BCUT2D eigenvalue weighted by atomic mass is 16.3. The van der Waals surface area contributed by atoms with Crippen LogP contribution < -0.4 is 27.3 Å². The summed E-state index contributed by atoms with van der Waals surface area (Å²) in [5, 5.41) is 2.11. The average Bonchev–Trinajstić information content (AvgIpc) is 3.52. The predicted molar refractivity (Wildman–Crippen MR) is 215 cm³/mol. The molecule has 0 fully saturated rings. The Labute approximate surface area is 284 Å². The van der Waals surface area contributed by atoms with Crippen molar-refractivity contribution in [3.8, 4) is 56.4 Å². The molecule has 6 aromatic carbocycles. The summed E-state index contributed by atoms with van der Waals surface area (Å²) in [6.45, 7) is 0. The Kier molecular flexibility index (Phi) is 7.41. The van der Waals surface area contributed by atoms with Gasteiger partial charge < -0.3 is 4.42 Å². The van der Waals surface area contributed by atoms with Crippen molar-refractivity contribution in [3.05, 3.63) is 121 Å². The van der Waals surface area contributed by atoms with E-state index in [-0.39, 0.29) is 0 Å². The van der Waals surface area contributed by atoms with Crippen LogP contribution >= 0.6 is 0 Å². The molecular formula is C39H30B5N3O. The Bertz CT molecular complexity index is 2410. The van der Waals surface area contributed by atoms with Crippen LogP contribution in [0.3, 0.4) is 0 Å². The van der Waals surface area contributed by atoms with Gasteiger partial charge in [-0.3, -0.25) is 0 Å². The smallest absolute Gasteiger partial charge is 0.164 e. The number of nitrogens with zero attached hydrogens (tertiary/aromatic N) is 3. The first-order valence-corrected chi connectivity index (χ1v) is 16.4. The molecule has 48 heavy (non-hydrogen) atoms. The molecule has 0 aliphatic rings. The third-order valence-electron chi connectivity index (χ3n) is 9.94. The van der Waals surface area contributed by atoms with Crippen molar-refractivity contribution in [1.82, 2.24) is 15.0 Å². The molecule has 0 N–H and O–H groups in total. The monoisotopic (exact) mass is 611 g/mol. The molecule has 8 aromatic rings. The van der Waals surface area contributed by atoms with Gasteiger partial charge in [0, 0.05) is 27.5 Å². The van der Waals surface area contributed by atoms with Crippen molar-refractivity contribution in [1.29, 1.82) is 0 Å². The molecule has 4 nitrogen and oxygen atoms in total. The van der Waals surface area contributed by atoms with E-state index in [4.69, 9.17) is 19.4 Å². The molecule has 2 aromatic heterocycles. The summed E-state index contributed by atoms with van der Waals surface area (Å²) in [5.74, 6) is 1.90. The van der Waals surface area contributed by atoms with E-state index in [1.165, 1.54) is 38.4 Å². The van der Waals surface area contributed by atoms with E-state index in [2.05, 4.69) is 81.7 Å². The second-order valence-corrected chi connectivity index (χ2v) is 12.6. The molecule has 0 radical (unpaired) electrons. The summed E-state index contributed by atoms with van der Waals surface area (Å²) in [5.41, 5.74) is 16.1. The third-order valence-corrected chi connectivity index (χ3v) is 9.94. The largest absolute Gasteiger partial charge is 0.456 e. The topological polar surface area (TPSA) is 51.8 Å². The van der Waals surface area contributed by atoms with Gasteiger partial charge in [-0.15, -0.1) is 16.4 Å². The van der Waals surface area contributed by atoms with Crippen LogP contribution in [0.15, 0.2) is 126 Å². The quantitative estimate of drug-likeness (QED) is 0.277. The minimum Gasteiger partial charge on any atom is -0.456 e. The molecule has 0 aliphatic heterocycles. The highest BCUT2D eigenvalue weighted by molar-refractivity contribution is 6.68. The molecule has 0 aliphatic carbocycles. The lowest BCUT2D eigenvalue weighted by Gasteiger charge is -2.20. The van der Waals surface area contributed by atoms with E-state index in [0.29, 0.717) is 17.5 Å². The highest BCUT2D eigenvalue weighted by Crippen LogP contribution is 2.38. The van der Waals surface area contributed by atoms with Crippen molar-refractivity contribution >= 4 is 88.5 Å². The molecule has 0 saturated heterocycles. The Balaban J connectivity index is 1.26. The molecule has 0 spiro atoms. The molecule has 0 bridgehead atoms. The maximum atomic E-state index is 6.40. The lowest BCUT2D eigenvalue weighted by molar-refractivity contribution is 0.669. The zero-order valence-corrected chi connectivity index (χ0v) is 27.8. The fourth-order valence-electron chi connectivity index (χ4n) is 6.89. The number of aromatic nitrogens is 3. The van der Waals surface area contributed by atoms with Gasteiger partial charge in [0.25, 0.3) is 0 Å². The van der Waals surface area contributed by atoms with Gasteiger partial charge in [0.1, 0.15) is 50.4 Å². The van der Waals surface area contributed by atoms with E-state index in [9.17, 15) is 0 Å². The molecule has 9 heteroatoms. The zero-order valence-electron chi connectivity index (χ0n) is 27.8. The van der Waals surface area contributed by atoms with Crippen molar-refractivity contribution in [3.63, 3.8) is 0 Å². The van der Waals surface area contributed by atoms with Crippen LogP contribution in [0.1, 0.15) is 0 Å². The van der Waals surface area contributed by atoms with Gasteiger partial charge in [-0.25, -0.2) is 15.0 Å². The van der Waals surface area contributed by atoms with E-state index < -0.39 is 0 Å². The average molecular weight is 611 g/mol. The van der Waals surface area contributed by atoms with Gasteiger partial charge >= 0.3 is 0 Å². The van der Waals surface area contributed by atoms with Crippen molar-refractivity contribution < 1.29 is 4.42 Å². The van der Waals surface area contributed by atoms with Crippen LogP contribution in [0, 0.1) is 0 Å². The van der Waals surface area contributed by atoms with E-state index in [1.807, 2.05) is 78.9 Å². The molecule has 0 amide bonds. The molecule has 0 saturated carbocycles. The normalized spacial score (nSPS) is 11.3. The Morgan fingerprint density at radius 3 is 1.48 bits per heavy atom. The summed E-state index contributed by atoms with van der Waals surface area (Å²) >= 11 is 0. The molecular weight excluding hydrogens is 581 g/mol. The molecule has 0 atom stereocenters. The molecule has 2 heterocycles. The number of hydrogen-bond acceptors (Lipinski definition) is 4. The maximum absolute atomic E-state index is 6.40. The van der Waals surface area contributed by atoms with Gasteiger partial charge in [-0.1, -0.05) is 108 Å². The van der Waals surface area contributed by atoms with Crippen LogP contribution in [0.5, 0.6) is 0 Å². The number of benzene rings is 6. The molecule has 222 valence electrons. The first-order chi connectivity index (χ1) is 23.4. The third kappa shape index (κ3) is 5.07. The Morgan fingerprint density at radius 1 is 0.396 bits per heavy atom. The van der Waals surface area contributed by atoms with Crippen LogP contribution in [0.4, 0.5) is 0 Å². The molecule has 0 unspecified atom stereocenters. The molecule has 8 rings (SSSR count). The Hall–Kier alpha value is -5.55. The highest BCUT2D eigenvalue weighted by Gasteiger charge is 2.18. The number of hydrogen-bond donors (Lipinski definition) is 0. The standard InChI is InChI=1S/C39H30B5N3O/c40-32-30(33(41)35(43)36(44)34(32)42)22-16-14-21(15-17-22)26-12-7-13-29-31(26)27-20-25(18-19-28(27)48-29)39-46-37(23-8-3-1-4-9-23)45-38(47-39)24-10-5-2-6-11-24/h1-20H,40-44H2. The van der Waals surface area contributed by atoms with Gasteiger partial charge in [-0.2, -0.15) is 0 Å². The predicted octanol–water partition coefficient (Wildman–Crippen LogP) is 1.40. The van der Waals surface area contributed by atoms with Gasteiger partial charge in [0.15, 0.2) is 17.5 Å². The van der Waals surface area contributed by atoms with Gasteiger partial charge in [0.05, 0.1) is 0 Å². The van der Waals surface area contributed by atoms with E-state index >= 15 is 0 Å². The fraction of sp³-hybridized carbons (Fsp3) is 0. The number of furan rings is 1. The summed E-state index contributed by atoms with van der Waals surface area (Å²) in [6, 6.07) is 41.6. The number of fused-ring (bicyclic) bond motifs is 3. The van der Waals surface area contributed by atoms with Crippen molar-refractivity contribution in [2.45, 2.75) is 0 Å². The minimum absolute atomic E-state index is 0.621. The van der Waals surface area contributed by atoms with Gasteiger partial charge in [-0.05, 0) is 46.5 Å². The first-order valence-electron chi connectivity index (χ1n) is 16.4. The van der Waals surface area contributed by atoms with Crippen LogP contribution in [-0.4, -0.2) is 54.2 Å². The summed E-state index contributed by atoms with van der Waals surface area (Å²) < 4.78 is 6.40. The number of rotatable bonds is 5. The Morgan fingerprint density at radius 2 is 0.896 bits per heavy atom. The lowest BCUT2D eigenvalue weighted by Crippen LogP contribution is -2.55. The fourth-order valence-corrected chi connectivity index (χ4v) is 6.89. The second kappa shape index (κ2) is 11.9. The van der Waals surface area contributed by atoms with Crippen molar-refractivity contribution in [2.75, 3.05) is 0 Å². The first kappa shape index (κ1) is 29.8. The van der Waals surface area contributed by atoms with Crippen molar-refractivity contribution in [2.24, 2.45) is 0 Å². The van der Waals surface area contributed by atoms with Crippen LogP contribution in [-0.2, 0) is 0 Å². The lowest BCUT2D eigenvalue weighted by atomic mass is 9.59. The second-order valence-electron chi connectivity index (χ2n) is 12.6. The van der Waals surface area contributed by atoms with E-state index in [1.54, 1.807) is 0 Å². The zero-order chi connectivity index (χ0) is 32.9. The maximum Gasteiger partial charge on any atom is 0.164 e. The summed E-state index contributed by atoms with van der Waals surface area (Å²) in [6.07, 6.45) is 0. The van der Waals surface area contributed by atoms with Crippen LogP contribution in [0.25, 0.3) is 78.4 Å². The minimum atomic E-state index is 0.621. The van der Waals surface area contributed by atoms with Gasteiger partial charge in [0.2, 0.25) is 0 Å². The summed E-state index contributed by atoms with van der Waals surface area (Å²) in [7, 11) is 11.2. The van der Waals surface area contributed by atoms with Crippen LogP contribution in [0.2, 0.25) is 0 Å². The van der Waals surface area contributed by atoms with E-state index in [0.717, 1.165) is 49.8 Å². The summed E-state index contributed by atoms with van der Waals surface area (Å²) in [4.78, 5) is 14.8. The SMILES string of the molecule is Bc1c(B)c(B)c(-c2ccc(-c3cccc4oc5ccc(-c6nc(-c7ccccc7)nc(-c7ccccc7)n6)cc5c34)cc2)c(B)c1B.